The summed E-state index contributed by atoms with van der Waals surface area (Å²) in [4.78, 5) is 0. The summed E-state index contributed by atoms with van der Waals surface area (Å²) in [7, 11) is 0. The van der Waals surface area contributed by atoms with Gasteiger partial charge in [0.15, 0.2) is 0 Å². The molecule has 0 aliphatic carbocycles. The third-order valence-corrected chi connectivity index (χ3v) is 5.03. The minimum atomic E-state index is 0.839. The van der Waals surface area contributed by atoms with Gasteiger partial charge >= 0.3 is 0 Å². The third kappa shape index (κ3) is 2.04. The summed E-state index contributed by atoms with van der Waals surface area (Å²) < 4.78 is 4.44. The van der Waals surface area contributed by atoms with E-state index in [1.807, 2.05) is 6.07 Å². The lowest BCUT2D eigenvalue weighted by atomic mass is 10.1. The second-order valence-corrected chi connectivity index (χ2v) is 6.06. The number of aromatic nitrogens is 1. The minimum absolute atomic E-state index is 0.839. The fourth-order valence-electron chi connectivity index (χ4n) is 2.00. The lowest BCUT2D eigenvalue weighted by Gasteiger charge is -2.09. The van der Waals surface area contributed by atoms with Crippen LogP contribution in [-0.4, -0.2) is 22.4 Å². The van der Waals surface area contributed by atoms with Gasteiger partial charge in [-0.2, -0.15) is 16.1 Å². The number of hydrogen-bond acceptors (Lipinski definition) is 4. The highest BCUT2D eigenvalue weighted by Gasteiger charge is 2.15. The van der Waals surface area contributed by atoms with Crippen molar-refractivity contribution in [1.29, 1.82) is 0 Å². The van der Waals surface area contributed by atoms with Crippen molar-refractivity contribution < 1.29 is 0 Å². The Hall–Kier alpha value is -0.740. The Morgan fingerprint density at radius 2 is 2.31 bits per heavy atom. The number of rotatable bonds is 3. The molecule has 1 aromatic heterocycles. The fourth-order valence-corrected chi connectivity index (χ4v) is 4.05. The van der Waals surface area contributed by atoms with Crippen LogP contribution in [0.5, 0.6) is 0 Å². The molecule has 1 saturated heterocycles. The first kappa shape index (κ1) is 10.4. The first-order chi connectivity index (χ1) is 7.93. The van der Waals surface area contributed by atoms with Crippen molar-refractivity contribution in [2.45, 2.75) is 6.42 Å². The zero-order valence-electron chi connectivity index (χ0n) is 8.98. The number of anilines is 1. The number of nitrogens with one attached hydrogen (secondary N) is 1. The molecule has 1 fully saturated rings. The molecule has 1 unspecified atom stereocenters. The maximum Gasteiger partial charge on any atom is 0.117 e. The zero-order chi connectivity index (χ0) is 10.8. The Morgan fingerprint density at radius 3 is 3.19 bits per heavy atom. The summed E-state index contributed by atoms with van der Waals surface area (Å²) in [5.41, 5.74) is 1.11. The molecule has 0 amide bonds. The van der Waals surface area contributed by atoms with Crippen molar-refractivity contribution in [2.24, 2.45) is 5.92 Å². The van der Waals surface area contributed by atoms with Crippen LogP contribution in [0.4, 0.5) is 5.00 Å². The third-order valence-electron chi connectivity index (χ3n) is 2.96. The van der Waals surface area contributed by atoms with Gasteiger partial charge in [-0.15, -0.1) is 0 Å². The molecule has 1 atom stereocenters. The van der Waals surface area contributed by atoms with Crippen LogP contribution in [0, 0.1) is 5.92 Å². The molecule has 1 N–H and O–H groups in total. The average Bonchev–Trinajstić information content (AvgIpc) is 2.96. The van der Waals surface area contributed by atoms with Crippen LogP contribution < -0.4 is 5.32 Å². The highest BCUT2D eigenvalue weighted by molar-refractivity contribution is 7.99. The smallest absolute Gasteiger partial charge is 0.117 e. The number of thioether (sulfide) groups is 1. The SMILES string of the molecule is c1ccc2c(NCC3CCSC3)snc2c1. The minimum Gasteiger partial charge on any atom is -0.375 e. The van der Waals surface area contributed by atoms with Crippen LogP contribution in [0.25, 0.3) is 10.9 Å². The quantitative estimate of drug-likeness (QED) is 0.903. The Morgan fingerprint density at radius 1 is 1.38 bits per heavy atom. The number of benzene rings is 1. The van der Waals surface area contributed by atoms with Gasteiger partial charge in [0.2, 0.25) is 0 Å². The molecule has 2 aromatic rings. The van der Waals surface area contributed by atoms with E-state index in [0.717, 1.165) is 18.0 Å². The van der Waals surface area contributed by atoms with Gasteiger partial charge < -0.3 is 5.32 Å². The van der Waals surface area contributed by atoms with E-state index in [9.17, 15) is 0 Å². The van der Waals surface area contributed by atoms with Crippen molar-refractivity contribution >= 4 is 39.2 Å². The predicted octanol–water partition coefficient (Wildman–Crippen LogP) is 3.46. The lowest BCUT2D eigenvalue weighted by molar-refractivity contribution is 0.633. The molecule has 1 aliphatic heterocycles. The second-order valence-electron chi connectivity index (χ2n) is 4.14. The normalized spacial score (nSPS) is 20.4. The van der Waals surface area contributed by atoms with Crippen LogP contribution in [0.1, 0.15) is 6.42 Å². The van der Waals surface area contributed by atoms with E-state index in [-0.39, 0.29) is 0 Å². The highest BCUT2D eigenvalue weighted by Crippen LogP contribution is 2.29. The highest BCUT2D eigenvalue weighted by atomic mass is 32.2. The summed E-state index contributed by atoms with van der Waals surface area (Å²) in [6, 6.07) is 8.33. The van der Waals surface area contributed by atoms with Gasteiger partial charge in [-0.3, -0.25) is 0 Å². The van der Waals surface area contributed by atoms with Gasteiger partial charge in [0, 0.05) is 11.9 Å². The molecule has 84 valence electrons. The molecule has 0 radical (unpaired) electrons. The van der Waals surface area contributed by atoms with Crippen molar-refractivity contribution in [3.63, 3.8) is 0 Å². The average molecular weight is 250 g/mol. The summed E-state index contributed by atoms with van der Waals surface area (Å²) in [5.74, 6) is 3.48. The van der Waals surface area contributed by atoms with E-state index in [1.165, 1.54) is 28.3 Å². The maximum atomic E-state index is 4.44. The molecule has 4 heteroatoms. The van der Waals surface area contributed by atoms with Gasteiger partial charge in [-0.1, -0.05) is 12.1 Å². The number of hydrogen-bond donors (Lipinski definition) is 1. The first-order valence-corrected chi connectivity index (χ1v) is 7.52. The molecule has 2 nitrogen and oxygen atoms in total. The van der Waals surface area contributed by atoms with E-state index in [2.05, 4.69) is 39.7 Å². The van der Waals surface area contributed by atoms with Crippen LogP contribution in [0.3, 0.4) is 0 Å². The number of nitrogens with zero attached hydrogens (tertiary/aromatic N) is 1. The van der Waals surface area contributed by atoms with E-state index >= 15 is 0 Å². The summed E-state index contributed by atoms with van der Waals surface area (Å²) in [6.45, 7) is 1.10. The Labute approximate surface area is 104 Å². The van der Waals surface area contributed by atoms with Crippen molar-refractivity contribution in [1.82, 2.24) is 4.37 Å². The Bertz CT molecular complexity index is 475. The lowest BCUT2D eigenvalue weighted by Crippen LogP contribution is -2.12. The molecule has 0 saturated carbocycles. The van der Waals surface area contributed by atoms with E-state index in [4.69, 9.17) is 0 Å². The fraction of sp³-hybridized carbons (Fsp3) is 0.417. The molecular formula is C12H14N2S2. The molecule has 1 aromatic carbocycles. The molecular weight excluding hydrogens is 236 g/mol. The van der Waals surface area contributed by atoms with E-state index in [0.29, 0.717) is 0 Å². The largest absolute Gasteiger partial charge is 0.375 e. The van der Waals surface area contributed by atoms with Crippen LogP contribution >= 0.6 is 23.3 Å². The summed E-state index contributed by atoms with van der Waals surface area (Å²) in [6.07, 6.45) is 1.36. The molecule has 3 rings (SSSR count). The van der Waals surface area contributed by atoms with E-state index < -0.39 is 0 Å². The monoisotopic (exact) mass is 250 g/mol. The molecule has 1 aliphatic rings. The topological polar surface area (TPSA) is 24.9 Å². The van der Waals surface area contributed by atoms with Gasteiger partial charge in [0.05, 0.1) is 5.52 Å². The van der Waals surface area contributed by atoms with Gasteiger partial charge in [0.1, 0.15) is 5.00 Å². The zero-order valence-corrected chi connectivity index (χ0v) is 10.6. The Balaban J connectivity index is 1.73. The van der Waals surface area contributed by atoms with Gasteiger partial charge in [-0.05, 0) is 47.5 Å². The number of fused-ring (bicyclic) bond motifs is 1. The van der Waals surface area contributed by atoms with Crippen molar-refractivity contribution in [3.05, 3.63) is 24.3 Å². The van der Waals surface area contributed by atoms with Crippen molar-refractivity contribution in [2.75, 3.05) is 23.4 Å². The van der Waals surface area contributed by atoms with Crippen molar-refractivity contribution in [3.8, 4) is 0 Å². The van der Waals surface area contributed by atoms with Crippen LogP contribution in [0.15, 0.2) is 24.3 Å². The first-order valence-electron chi connectivity index (χ1n) is 5.59. The predicted molar refractivity (Wildman–Crippen MR) is 73.5 cm³/mol. The Kier molecular flexibility index (Phi) is 3.02. The molecule has 0 bridgehead atoms. The molecule has 2 heterocycles. The maximum absolute atomic E-state index is 4.44. The second kappa shape index (κ2) is 4.63. The molecule has 0 spiro atoms. The van der Waals surface area contributed by atoms with Gasteiger partial charge in [0.25, 0.3) is 0 Å². The molecule has 16 heavy (non-hydrogen) atoms. The van der Waals surface area contributed by atoms with E-state index in [1.54, 1.807) is 11.5 Å². The standard InChI is InChI=1S/C12H14N2S2/c1-2-4-11-10(3-1)12(16-14-11)13-7-9-5-6-15-8-9/h1-4,9,13H,5-8H2. The van der Waals surface area contributed by atoms with Crippen LogP contribution in [0.2, 0.25) is 0 Å². The summed E-state index contributed by atoms with van der Waals surface area (Å²) in [5, 5.41) is 6.04. The summed E-state index contributed by atoms with van der Waals surface area (Å²) >= 11 is 3.65. The van der Waals surface area contributed by atoms with Gasteiger partial charge in [-0.25, -0.2) is 0 Å². The van der Waals surface area contributed by atoms with Crippen LogP contribution in [-0.2, 0) is 0 Å².